The van der Waals surface area contributed by atoms with E-state index in [2.05, 4.69) is 12.1 Å². The summed E-state index contributed by atoms with van der Waals surface area (Å²) in [6.45, 7) is 1.48. The molecule has 0 aromatic heterocycles. The minimum absolute atomic E-state index is 0.133. The van der Waals surface area contributed by atoms with Crippen molar-refractivity contribution >= 4 is 17.5 Å². The van der Waals surface area contributed by atoms with Crippen LogP contribution in [-0.4, -0.2) is 17.9 Å². The molecule has 2 aliphatic rings. The van der Waals surface area contributed by atoms with Crippen LogP contribution in [0, 0.1) is 33.9 Å². The van der Waals surface area contributed by atoms with E-state index in [0.717, 1.165) is 11.3 Å². The van der Waals surface area contributed by atoms with Crippen molar-refractivity contribution in [2.45, 2.75) is 24.9 Å². The standard InChI is InChI=1S/C22H16FN3O/c1-14(27)21-20(16-6-9-17(23)10-7-16)22(12-24,13-25)19-11-8-15-4-2-3-5-18(15)26(19)21/h2-11,19-21H,1H3. The number of rotatable bonds is 2. The normalized spacial score (nSPS) is 24.4. The number of carbonyl (C=O) groups is 1. The van der Waals surface area contributed by atoms with Gasteiger partial charge in [0.25, 0.3) is 0 Å². The van der Waals surface area contributed by atoms with E-state index in [1.54, 1.807) is 12.1 Å². The molecule has 0 aliphatic carbocycles. The summed E-state index contributed by atoms with van der Waals surface area (Å²) in [5.74, 6) is -1.23. The highest BCUT2D eigenvalue weighted by Gasteiger charge is 2.62. The van der Waals surface area contributed by atoms with Crippen molar-refractivity contribution in [2.75, 3.05) is 4.90 Å². The van der Waals surface area contributed by atoms with Crippen LogP contribution in [0.15, 0.2) is 54.6 Å². The molecule has 0 amide bonds. The van der Waals surface area contributed by atoms with Crippen molar-refractivity contribution in [3.8, 4) is 12.1 Å². The predicted molar refractivity (Wildman–Crippen MR) is 99.0 cm³/mol. The first kappa shape index (κ1) is 17.0. The highest BCUT2D eigenvalue weighted by molar-refractivity contribution is 5.91. The van der Waals surface area contributed by atoms with E-state index in [-0.39, 0.29) is 5.78 Å². The number of benzene rings is 2. The topological polar surface area (TPSA) is 67.9 Å². The van der Waals surface area contributed by atoms with Crippen LogP contribution >= 0.6 is 0 Å². The zero-order valence-corrected chi connectivity index (χ0v) is 14.6. The van der Waals surface area contributed by atoms with Crippen molar-refractivity contribution < 1.29 is 9.18 Å². The monoisotopic (exact) mass is 357 g/mol. The Balaban J connectivity index is 1.99. The molecule has 2 aromatic rings. The van der Waals surface area contributed by atoms with Gasteiger partial charge in [0.05, 0.1) is 24.2 Å². The highest BCUT2D eigenvalue weighted by Crippen LogP contribution is 2.54. The minimum Gasteiger partial charge on any atom is -0.351 e. The lowest BCUT2D eigenvalue weighted by atomic mass is 9.69. The number of para-hydroxylation sites is 1. The molecule has 3 atom stereocenters. The van der Waals surface area contributed by atoms with Gasteiger partial charge in [-0.05, 0) is 36.2 Å². The van der Waals surface area contributed by atoms with E-state index in [4.69, 9.17) is 0 Å². The molecule has 2 heterocycles. The number of anilines is 1. The number of fused-ring (bicyclic) bond motifs is 3. The SMILES string of the molecule is CC(=O)C1C(c2ccc(F)cc2)C(C#N)(C#N)C2C=Cc3ccccc3N12. The Morgan fingerprint density at radius 1 is 1.11 bits per heavy atom. The average molecular weight is 357 g/mol. The Kier molecular flexibility index (Phi) is 3.82. The summed E-state index contributed by atoms with van der Waals surface area (Å²) in [4.78, 5) is 14.6. The van der Waals surface area contributed by atoms with E-state index < -0.39 is 29.2 Å². The lowest BCUT2D eigenvalue weighted by Gasteiger charge is -2.35. The summed E-state index contributed by atoms with van der Waals surface area (Å²) in [7, 11) is 0. The second kappa shape index (κ2) is 6.07. The zero-order valence-electron chi connectivity index (χ0n) is 14.6. The first-order valence-electron chi connectivity index (χ1n) is 8.67. The molecule has 2 aliphatic heterocycles. The van der Waals surface area contributed by atoms with Crippen LogP contribution in [0.1, 0.15) is 24.0 Å². The number of nitrogens with zero attached hydrogens (tertiary/aromatic N) is 3. The fourth-order valence-electron chi connectivity index (χ4n) is 4.43. The lowest BCUT2D eigenvalue weighted by Crippen LogP contribution is -2.43. The Hall–Kier alpha value is -3.44. The molecule has 0 saturated carbocycles. The van der Waals surface area contributed by atoms with Gasteiger partial charge in [-0.1, -0.05) is 42.5 Å². The third-order valence-electron chi connectivity index (χ3n) is 5.56. The molecule has 5 heteroatoms. The first-order chi connectivity index (χ1) is 13.0. The molecule has 0 radical (unpaired) electrons. The van der Waals surface area contributed by atoms with E-state index in [1.807, 2.05) is 41.3 Å². The van der Waals surface area contributed by atoms with Gasteiger partial charge in [-0.3, -0.25) is 4.79 Å². The summed E-state index contributed by atoms with van der Waals surface area (Å²) < 4.78 is 13.5. The van der Waals surface area contributed by atoms with Crippen LogP contribution in [0.3, 0.4) is 0 Å². The molecule has 2 aromatic carbocycles. The van der Waals surface area contributed by atoms with Crippen molar-refractivity contribution in [3.05, 3.63) is 71.6 Å². The van der Waals surface area contributed by atoms with Gasteiger partial charge >= 0.3 is 0 Å². The summed E-state index contributed by atoms with van der Waals surface area (Å²) in [6.07, 6.45) is 3.72. The molecular weight excluding hydrogens is 341 g/mol. The Morgan fingerprint density at radius 3 is 2.41 bits per heavy atom. The second-order valence-corrected chi connectivity index (χ2v) is 6.95. The van der Waals surface area contributed by atoms with Crippen molar-refractivity contribution in [1.82, 2.24) is 0 Å². The number of hydrogen-bond donors (Lipinski definition) is 0. The molecule has 0 bridgehead atoms. The van der Waals surface area contributed by atoms with Gasteiger partial charge in [0.2, 0.25) is 0 Å². The van der Waals surface area contributed by atoms with Crippen molar-refractivity contribution in [1.29, 1.82) is 10.5 Å². The zero-order chi connectivity index (χ0) is 19.2. The molecule has 4 rings (SSSR count). The number of Topliss-reactive ketones (excluding diaryl/α,β-unsaturated/α-hetero) is 1. The van der Waals surface area contributed by atoms with E-state index in [1.165, 1.54) is 19.1 Å². The van der Waals surface area contributed by atoms with Crippen molar-refractivity contribution in [3.63, 3.8) is 0 Å². The van der Waals surface area contributed by atoms with Crippen LogP contribution in [0.2, 0.25) is 0 Å². The highest BCUT2D eigenvalue weighted by atomic mass is 19.1. The molecule has 0 N–H and O–H groups in total. The van der Waals surface area contributed by atoms with Crippen molar-refractivity contribution in [2.24, 2.45) is 5.41 Å². The van der Waals surface area contributed by atoms with Crippen LogP contribution in [0.5, 0.6) is 0 Å². The predicted octanol–water partition coefficient (Wildman–Crippen LogP) is 3.82. The quantitative estimate of drug-likeness (QED) is 0.819. The third kappa shape index (κ3) is 2.29. The molecule has 27 heavy (non-hydrogen) atoms. The maximum atomic E-state index is 13.5. The number of ketones is 1. The summed E-state index contributed by atoms with van der Waals surface area (Å²) >= 11 is 0. The van der Waals surface area contributed by atoms with Crippen LogP contribution < -0.4 is 4.90 Å². The molecule has 0 spiro atoms. The lowest BCUT2D eigenvalue weighted by molar-refractivity contribution is -0.118. The van der Waals surface area contributed by atoms with Gasteiger partial charge < -0.3 is 4.90 Å². The molecule has 4 nitrogen and oxygen atoms in total. The maximum Gasteiger partial charge on any atom is 0.176 e. The third-order valence-corrected chi connectivity index (χ3v) is 5.56. The van der Waals surface area contributed by atoms with E-state index in [9.17, 15) is 19.7 Å². The number of hydrogen-bond acceptors (Lipinski definition) is 4. The smallest absolute Gasteiger partial charge is 0.176 e. The Labute approximate surface area is 156 Å². The Morgan fingerprint density at radius 2 is 1.78 bits per heavy atom. The molecule has 132 valence electrons. The molecule has 3 unspecified atom stereocenters. The van der Waals surface area contributed by atoms with Gasteiger partial charge in [0.15, 0.2) is 11.2 Å². The van der Waals surface area contributed by atoms with Gasteiger partial charge in [-0.25, -0.2) is 4.39 Å². The summed E-state index contributed by atoms with van der Waals surface area (Å²) in [6, 6.07) is 16.5. The summed E-state index contributed by atoms with van der Waals surface area (Å²) in [5.41, 5.74) is 0.910. The Bertz CT molecular complexity index is 1010. The second-order valence-electron chi connectivity index (χ2n) is 6.95. The van der Waals surface area contributed by atoms with E-state index >= 15 is 0 Å². The largest absolute Gasteiger partial charge is 0.351 e. The number of carbonyl (C=O) groups excluding carboxylic acids is 1. The van der Waals surface area contributed by atoms with Crippen LogP contribution in [0.4, 0.5) is 10.1 Å². The number of nitriles is 2. The molecule has 1 saturated heterocycles. The van der Waals surface area contributed by atoms with E-state index in [0.29, 0.717) is 5.56 Å². The number of halogens is 1. The van der Waals surface area contributed by atoms with Crippen LogP contribution in [-0.2, 0) is 4.79 Å². The molecule has 1 fully saturated rings. The molecular formula is C22H16FN3O. The first-order valence-corrected chi connectivity index (χ1v) is 8.67. The van der Waals surface area contributed by atoms with Crippen LogP contribution in [0.25, 0.3) is 6.08 Å². The van der Waals surface area contributed by atoms with Gasteiger partial charge in [0, 0.05) is 11.6 Å². The van der Waals surface area contributed by atoms with Gasteiger partial charge in [-0.2, -0.15) is 10.5 Å². The fraction of sp³-hybridized carbons (Fsp3) is 0.227. The average Bonchev–Trinajstić information content (AvgIpc) is 3.00. The summed E-state index contributed by atoms with van der Waals surface area (Å²) in [5, 5.41) is 20.1. The maximum absolute atomic E-state index is 13.5. The van der Waals surface area contributed by atoms with Gasteiger partial charge in [-0.15, -0.1) is 0 Å². The fourth-order valence-corrected chi connectivity index (χ4v) is 4.43. The van der Waals surface area contributed by atoms with Gasteiger partial charge in [0.1, 0.15) is 5.82 Å². The minimum atomic E-state index is -1.46.